The van der Waals surface area contributed by atoms with E-state index in [-0.39, 0.29) is 0 Å². The number of methoxy groups -OCH3 is 1. The zero-order chi connectivity index (χ0) is 16.2. The summed E-state index contributed by atoms with van der Waals surface area (Å²) in [5, 5.41) is 4.05. The van der Waals surface area contributed by atoms with Crippen LogP contribution in [0.4, 0.5) is 0 Å². The van der Waals surface area contributed by atoms with Gasteiger partial charge in [-0.3, -0.25) is 0 Å². The highest BCUT2D eigenvalue weighted by Gasteiger charge is 2.20. The van der Waals surface area contributed by atoms with E-state index in [9.17, 15) is 0 Å². The Kier molecular flexibility index (Phi) is 5.01. The Morgan fingerprint density at radius 3 is 2.70 bits per heavy atom. The smallest absolute Gasteiger partial charge is 0.172 e. The minimum absolute atomic E-state index is 0.348. The van der Waals surface area contributed by atoms with Crippen molar-refractivity contribution in [3.05, 3.63) is 35.5 Å². The summed E-state index contributed by atoms with van der Waals surface area (Å²) in [5.74, 6) is 2.47. The van der Waals surface area contributed by atoms with Crippen molar-refractivity contribution >= 4 is 0 Å². The SMILES string of the molecule is COCc1c(C)noc1-c1ccc(OC2CCCC(C)C2)cc1. The summed E-state index contributed by atoms with van der Waals surface area (Å²) in [6.07, 6.45) is 5.25. The molecule has 1 aromatic carbocycles. The highest BCUT2D eigenvalue weighted by atomic mass is 16.5. The number of hydrogen-bond donors (Lipinski definition) is 0. The molecule has 3 rings (SSSR count). The summed E-state index contributed by atoms with van der Waals surface area (Å²) < 4.78 is 16.8. The van der Waals surface area contributed by atoms with Gasteiger partial charge in [-0.1, -0.05) is 18.5 Å². The Bertz CT molecular complexity index is 633. The number of aryl methyl sites for hydroxylation is 1. The van der Waals surface area contributed by atoms with Crippen LogP contribution in [0.3, 0.4) is 0 Å². The topological polar surface area (TPSA) is 44.5 Å². The fraction of sp³-hybridized carbons (Fsp3) is 0.526. The Labute approximate surface area is 137 Å². The fourth-order valence-corrected chi connectivity index (χ4v) is 3.29. The zero-order valence-corrected chi connectivity index (χ0v) is 14.2. The van der Waals surface area contributed by atoms with Crippen LogP contribution in [0.25, 0.3) is 11.3 Å². The van der Waals surface area contributed by atoms with Crippen LogP contribution in [0.1, 0.15) is 43.9 Å². The van der Waals surface area contributed by atoms with Crippen LogP contribution in [0.5, 0.6) is 5.75 Å². The molecule has 1 aliphatic rings. The van der Waals surface area contributed by atoms with Crippen LogP contribution >= 0.6 is 0 Å². The first-order chi connectivity index (χ1) is 11.2. The van der Waals surface area contributed by atoms with Gasteiger partial charge in [0, 0.05) is 18.2 Å². The lowest BCUT2D eigenvalue weighted by Gasteiger charge is -2.27. The third-order valence-corrected chi connectivity index (χ3v) is 4.58. The quantitative estimate of drug-likeness (QED) is 0.798. The molecule has 0 spiro atoms. The van der Waals surface area contributed by atoms with Crippen molar-refractivity contribution in [1.29, 1.82) is 0 Å². The Morgan fingerprint density at radius 1 is 1.22 bits per heavy atom. The van der Waals surface area contributed by atoms with Crippen LogP contribution in [0, 0.1) is 12.8 Å². The van der Waals surface area contributed by atoms with Gasteiger partial charge in [0.05, 0.1) is 18.4 Å². The number of benzene rings is 1. The molecule has 1 saturated carbocycles. The van der Waals surface area contributed by atoms with E-state index in [1.54, 1.807) is 7.11 Å². The van der Waals surface area contributed by atoms with E-state index in [1.807, 2.05) is 31.2 Å². The van der Waals surface area contributed by atoms with Gasteiger partial charge < -0.3 is 14.0 Å². The summed E-state index contributed by atoms with van der Waals surface area (Å²) in [5.41, 5.74) is 2.88. The first-order valence-electron chi connectivity index (χ1n) is 8.38. The molecule has 0 bridgehead atoms. The first kappa shape index (κ1) is 16.1. The molecule has 4 nitrogen and oxygen atoms in total. The fourth-order valence-electron chi connectivity index (χ4n) is 3.29. The van der Waals surface area contributed by atoms with Gasteiger partial charge in [-0.2, -0.15) is 0 Å². The van der Waals surface area contributed by atoms with Crippen molar-refractivity contribution in [2.75, 3.05) is 7.11 Å². The van der Waals surface area contributed by atoms with Gasteiger partial charge in [-0.05, 0) is 56.4 Å². The lowest BCUT2D eigenvalue weighted by Crippen LogP contribution is -2.23. The minimum atomic E-state index is 0.348. The van der Waals surface area contributed by atoms with Crippen molar-refractivity contribution < 1.29 is 14.0 Å². The van der Waals surface area contributed by atoms with Gasteiger partial charge in [-0.25, -0.2) is 0 Å². The van der Waals surface area contributed by atoms with Crippen molar-refractivity contribution in [2.45, 2.75) is 52.2 Å². The van der Waals surface area contributed by atoms with Gasteiger partial charge in [-0.15, -0.1) is 0 Å². The highest BCUT2D eigenvalue weighted by Crippen LogP contribution is 2.30. The van der Waals surface area contributed by atoms with Crippen molar-refractivity contribution in [2.24, 2.45) is 5.92 Å². The molecule has 1 aromatic heterocycles. The minimum Gasteiger partial charge on any atom is -0.490 e. The predicted octanol–water partition coefficient (Wildman–Crippen LogP) is 4.75. The third kappa shape index (κ3) is 3.75. The van der Waals surface area contributed by atoms with E-state index in [0.29, 0.717) is 12.7 Å². The first-order valence-corrected chi connectivity index (χ1v) is 8.38. The summed E-state index contributed by atoms with van der Waals surface area (Å²) >= 11 is 0. The maximum Gasteiger partial charge on any atom is 0.172 e. The molecule has 1 aliphatic carbocycles. The molecule has 1 heterocycles. The van der Waals surface area contributed by atoms with Crippen LogP contribution in [0.15, 0.2) is 28.8 Å². The molecule has 124 valence electrons. The molecule has 2 atom stereocenters. The largest absolute Gasteiger partial charge is 0.490 e. The number of aromatic nitrogens is 1. The van der Waals surface area contributed by atoms with E-state index in [4.69, 9.17) is 14.0 Å². The Morgan fingerprint density at radius 2 is 2.00 bits per heavy atom. The molecular formula is C19H25NO3. The molecule has 0 aliphatic heterocycles. The maximum absolute atomic E-state index is 6.13. The molecule has 0 saturated heterocycles. The average molecular weight is 315 g/mol. The van der Waals surface area contributed by atoms with E-state index < -0.39 is 0 Å². The standard InChI is InChI=1S/C19H25NO3/c1-13-5-4-6-17(11-13)22-16-9-7-15(8-10-16)19-18(12-21-3)14(2)20-23-19/h7-10,13,17H,4-6,11-12H2,1-3H3. The predicted molar refractivity (Wildman–Crippen MR) is 89.4 cm³/mol. The van der Waals surface area contributed by atoms with Gasteiger partial charge >= 0.3 is 0 Å². The maximum atomic E-state index is 6.13. The molecule has 0 amide bonds. The van der Waals surface area contributed by atoms with Gasteiger partial charge in [0.1, 0.15) is 5.75 Å². The lowest BCUT2D eigenvalue weighted by molar-refractivity contribution is 0.129. The molecule has 2 unspecified atom stereocenters. The van der Waals surface area contributed by atoms with Gasteiger partial charge in [0.2, 0.25) is 0 Å². The van der Waals surface area contributed by atoms with Crippen LogP contribution in [-0.4, -0.2) is 18.4 Å². The Hall–Kier alpha value is -1.81. The van der Waals surface area contributed by atoms with Crippen LogP contribution in [-0.2, 0) is 11.3 Å². The number of ether oxygens (including phenoxy) is 2. The number of hydrogen-bond acceptors (Lipinski definition) is 4. The molecule has 23 heavy (non-hydrogen) atoms. The molecule has 2 aromatic rings. The second-order valence-corrected chi connectivity index (χ2v) is 6.54. The second kappa shape index (κ2) is 7.18. The van der Waals surface area contributed by atoms with Gasteiger partial charge in [0.15, 0.2) is 5.76 Å². The van der Waals surface area contributed by atoms with E-state index >= 15 is 0 Å². The van der Waals surface area contributed by atoms with Gasteiger partial charge in [0.25, 0.3) is 0 Å². The molecule has 0 N–H and O–H groups in total. The monoisotopic (exact) mass is 315 g/mol. The van der Waals surface area contributed by atoms with Crippen molar-refractivity contribution in [3.8, 4) is 17.1 Å². The molecule has 4 heteroatoms. The van der Waals surface area contributed by atoms with E-state index in [0.717, 1.165) is 47.1 Å². The lowest BCUT2D eigenvalue weighted by atomic mass is 9.89. The normalized spacial score (nSPS) is 21.3. The zero-order valence-electron chi connectivity index (χ0n) is 14.2. The number of rotatable bonds is 5. The Balaban J connectivity index is 1.72. The summed E-state index contributed by atoms with van der Waals surface area (Å²) in [6.45, 7) is 4.74. The highest BCUT2D eigenvalue weighted by molar-refractivity contribution is 5.62. The van der Waals surface area contributed by atoms with Crippen molar-refractivity contribution in [1.82, 2.24) is 5.16 Å². The van der Waals surface area contributed by atoms with Crippen LogP contribution < -0.4 is 4.74 Å². The third-order valence-electron chi connectivity index (χ3n) is 4.58. The summed E-state index contributed by atoms with van der Waals surface area (Å²) in [7, 11) is 1.68. The molecular weight excluding hydrogens is 290 g/mol. The number of nitrogens with zero attached hydrogens (tertiary/aromatic N) is 1. The van der Waals surface area contributed by atoms with E-state index in [2.05, 4.69) is 12.1 Å². The van der Waals surface area contributed by atoms with Crippen molar-refractivity contribution in [3.63, 3.8) is 0 Å². The summed E-state index contributed by atoms with van der Waals surface area (Å²) in [6, 6.07) is 8.09. The molecule has 0 radical (unpaired) electrons. The second-order valence-electron chi connectivity index (χ2n) is 6.54. The van der Waals surface area contributed by atoms with Crippen LogP contribution in [0.2, 0.25) is 0 Å². The summed E-state index contributed by atoms with van der Waals surface area (Å²) in [4.78, 5) is 0. The molecule has 1 fully saturated rings. The average Bonchev–Trinajstić information content (AvgIpc) is 2.90. The van der Waals surface area contributed by atoms with E-state index in [1.165, 1.54) is 12.8 Å².